The molecule has 106 valence electrons. The van der Waals surface area contributed by atoms with E-state index in [-0.39, 0.29) is 6.04 Å². The van der Waals surface area contributed by atoms with Crippen molar-refractivity contribution in [2.75, 3.05) is 6.61 Å². The van der Waals surface area contributed by atoms with Gasteiger partial charge in [0.1, 0.15) is 5.75 Å². The number of benzene rings is 2. The van der Waals surface area contributed by atoms with Crippen LogP contribution in [0.4, 0.5) is 0 Å². The van der Waals surface area contributed by atoms with Crippen LogP contribution in [0.2, 0.25) is 0 Å². The molecule has 2 aromatic carbocycles. The third-order valence-corrected chi connectivity index (χ3v) is 4.23. The molecule has 0 fully saturated rings. The van der Waals surface area contributed by atoms with Crippen LogP contribution in [0, 0.1) is 13.8 Å². The Morgan fingerprint density at radius 1 is 1.15 bits per heavy atom. The largest absolute Gasteiger partial charge is 0.494 e. The quantitative estimate of drug-likeness (QED) is 0.893. The van der Waals surface area contributed by atoms with Crippen LogP contribution in [-0.2, 0) is 0 Å². The molecular weight excluding hydrogens is 314 g/mol. The summed E-state index contributed by atoms with van der Waals surface area (Å²) in [6, 6.07) is 12.2. The van der Waals surface area contributed by atoms with Crippen molar-refractivity contribution in [3.8, 4) is 5.75 Å². The predicted octanol–water partition coefficient (Wildman–Crippen LogP) is 4.51. The maximum atomic E-state index is 6.44. The Labute approximate surface area is 129 Å². The van der Waals surface area contributed by atoms with E-state index >= 15 is 0 Å². The van der Waals surface area contributed by atoms with Gasteiger partial charge in [0.25, 0.3) is 0 Å². The van der Waals surface area contributed by atoms with E-state index < -0.39 is 0 Å². The summed E-state index contributed by atoms with van der Waals surface area (Å²) in [6.07, 6.45) is 0. The normalized spacial score (nSPS) is 12.2. The van der Waals surface area contributed by atoms with Gasteiger partial charge < -0.3 is 10.5 Å². The number of halogens is 1. The van der Waals surface area contributed by atoms with Crippen LogP contribution in [0.5, 0.6) is 5.75 Å². The summed E-state index contributed by atoms with van der Waals surface area (Å²) in [5.41, 5.74) is 10.9. The molecular formula is C17H20BrNO. The average Bonchev–Trinajstić information content (AvgIpc) is 2.43. The van der Waals surface area contributed by atoms with Gasteiger partial charge in [0.05, 0.1) is 12.6 Å². The fourth-order valence-electron chi connectivity index (χ4n) is 2.24. The number of hydrogen-bond donors (Lipinski definition) is 1. The molecule has 0 spiro atoms. The standard InChI is InChI=1S/C17H20BrNO/c1-4-20-16-8-5-11(2)9-14(16)17(19)13-6-7-15(18)12(3)10-13/h5-10,17H,4,19H2,1-3H3. The summed E-state index contributed by atoms with van der Waals surface area (Å²) in [7, 11) is 0. The SMILES string of the molecule is CCOc1ccc(C)cc1C(N)c1ccc(Br)c(C)c1. The van der Waals surface area contributed by atoms with Crippen LogP contribution in [-0.4, -0.2) is 6.61 Å². The molecule has 1 unspecified atom stereocenters. The Balaban J connectivity index is 2.43. The second-order valence-electron chi connectivity index (χ2n) is 4.96. The van der Waals surface area contributed by atoms with E-state index in [0.29, 0.717) is 6.61 Å². The first-order valence-corrected chi connectivity index (χ1v) is 7.57. The second-order valence-corrected chi connectivity index (χ2v) is 5.81. The zero-order valence-corrected chi connectivity index (χ0v) is 13.7. The summed E-state index contributed by atoms with van der Waals surface area (Å²) in [5, 5.41) is 0. The number of hydrogen-bond acceptors (Lipinski definition) is 2. The van der Waals surface area contributed by atoms with Gasteiger partial charge in [-0.2, -0.15) is 0 Å². The minimum atomic E-state index is -0.178. The molecule has 2 aromatic rings. The first kappa shape index (κ1) is 15.1. The Kier molecular flexibility index (Phi) is 4.84. The second kappa shape index (κ2) is 6.42. The Bertz CT molecular complexity index is 610. The topological polar surface area (TPSA) is 35.2 Å². The molecule has 0 saturated heterocycles. The van der Waals surface area contributed by atoms with E-state index in [4.69, 9.17) is 10.5 Å². The summed E-state index contributed by atoms with van der Waals surface area (Å²) in [4.78, 5) is 0. The van der Waals surface area contributed by atoms with Crippen LogP contribution >= 0.6 is 15.9 Å². The number of rotatable bonds is 4. The van der Waals surface area contributed by atoms with Gasteiger partial charge >= 0.3 is 0 Å². The first-order chi connectivity index (χ1) is 9.52. The molecule has 2 N–H and O–H groups in total. The highest BCUT2D eigenvalue weighted by atomic mass is 79.9. The molecule has 0 aliphatic carbocycles. The zero-order chi connectivity index (χ0) is 14.7. The average molecular weight is 334 g/mol. The molecule has 20 heavy (non-hydrogen) atoms. The van der Waals surface area contributed by atoms with Crippen molar-refractivity contribution in [1.82, 2.24) is 0 Å². The zero-order valence-electron chi connectivity index (χ0n) is 12.1. The lowest BCUT2D eigenvalue weighted by molar-refractivity contribution is 0.335. The van der Waals surface area contributed by atoms with Crippen LogP contribution in [0.1, 0.15) is 35.2 Å². The fourth-order valence-corrected chi connectivity index (χ4v) is 2.49. The van der Waals surface area contributed by atoms with Gasteiger partial charge in [0.15, 0.2) is 0 Å². The van der Waals surface area contributed by atoms with Crippen LogP contribution in [0.3, 0.4) is 0 Å². The van der Waals surface area contributed by atoms with Crippen molar-refractivity contribution in [3.63, 3.8) is 0 Å². The Morgan fingerprint density at radius 2 is 1.90 bits per heavy atom. The third-order valence-electron chi connectivity index (χ3n) is 3.34. The minimum absolute atomic E-state index is 0.178. The maximum Gasteiger partial charge on any atom is 0.124 e. The van der Waals surface area contributed by atoms with Gasteiger partial charge in [-0.25, -0.2) is 0 Å². The molecule has 0 bridgehead atoms. The van der Waals surface area contributed by atoms with E-state index in [2.05, 4.69) is 48.0 Å². The van der Waals surface area contributed by atoms with Gasteiger partial charge in [-0.3, -0.25) is 0 Å². The molecule has 0 saturated carbocycles. The molecule has 0 aliphatic rings. The molecule has 0 heterocycles. The number of ether oxygens (including phenoxy) is 1. The lowest BCUT2D eigenvalue weighted by Crippen LogP contribution is -2.14. The predicted molar refractivity (Wildman–Crippen MR) is 87.3 cm³/mol. The van der Waals surface area contributed by atoms with Gasteiger partial charge in [0, 0.05) is 10.0 Å². The van der Waals surface area contributed by atoms with E-state index in [0.717, 1.165) is 21.3 Å². The van der Waals surface area contributed by atoms with Crippen molar-refractivity contribution in [2.45, 2.75) is 26.8 Å². The smallest absolute Gasteiger partial charge is 0.124 e. The highest BCUT2D eigenvalue weighted by Crippen LogP contribution is 2.31. The first-order valence-electron chi connectivity index (χ1n) is 6.78. The van der Waals surface area contributed by atoms with Crippen molar-refractivity contribution < 1.29 is 4.74 Å². The van der Waals surface area contributed by atoms with Crippen LogP contribution < -0.4 is 10.5 Å². The third kappa shape index (κ3) is 3.22. The van der Waals surface area contributed by atoms with Crippen molar-refractivity contribution in [2.24, 2.45) is 5.73 Å². The molecule has 3 heteroatoms. The van der Waals surface area contributed by atoms with Gasteiger partial charge in [0.2, 0.25) is 0 Å². The fraction of sp³-hybridized carbons (Fsp3) is 0.294. The highest BCUT2D eigenvalue weighted by molar-refractivity contribution is 9.10. The lowest BCUT2D eigenvalue weighted by Gasteiger charge is -2.18. The van der Waals surface area contributed by atoms with E-state index in [1.54, 1.807) is 0 Å². The summed E-state index contributed by atoms with van der Waals surface area (Å²) < 4.78 is 6.80. The van der Waals surface area contributed by atoms with Crippen molar-refractivity contribution in [1.29, 1.82) is 0 Å². The van der Waals surface area contributed by atoms with Gasteiger partial charge in [-0.05, 0) is 44.0 Å². The highest BCUT2D eigenvalue weighted by Gasteiger charge is 2.15. The molecule has 1 atom stereocenters. The molecule has 0 radical (unpaired) electrons. The van der Waals surface area contributed by atoms with E-state index in [9.17, 15) is 0 Å². The van der Waals surface area contributed by atoms with Gasteiger partial charge in [-0.15, -0.1) is 0 Å². The van der Waals surface area contributed by atoms with Crippen molar-refractivity contribution >= 4 is 15.9 Å². The molecule has 0 aromatic heterocycles. The van der Waals surface area contributed by atoms with Crippen LogP contribution in [0.15, 0.2) is 40.9 Å². The molecule has 0 aliphatic heterocycles. The monoisotopic (exact) mass is 333 g/mol. The lowest BCUT2D eigenvalue weighted by atomic mass is 9.96. The van der Waals surface area contributed by atoms with Crippen LogP contribution in [0.25, 0.3) is 0 Å². The summed E-state index contributed by atoms with van der Waals surface area (Å²) >= 11 is 3.52. The Morgan fingerprint density at radius 3 is 2.55 bits per heavy atom. The molecule has 0 amide bonds. The molecule has 2 rings (SSSR count). The summed E-state index contributed by atoms with van der Waals surface area (Å²) in [6.45, 7) is 6.76. The van der Waals surface area contributed by atoms with E-state index in [1.165, 1.54) is 11.1 Å². The maximum absolute atomic E-state index is 6.44. The number of nitrogens with two attached hydrogens (primary N) is 1. The Hall–Kier alpha value is -1.32. The van der Waals surface area contributed by atoms with E-state index in [1.807, 2.05) is 25.1 Å². The molecule has 2 nitrogen and oxygen atoms in total. The summed E-state index contributed by atoms with van der Waals surface area (Å²) in [5.74, 6) is 0.867. The number of aryl methyl sites for hydroxylation is 2. The van der Waals surface area contributed by atoms with Gasteiger partial charge in [-0.1, -0.05) is 45.8 Å². The minimum Gasteiger partial charge on any atom is -0.494 e. The van der Waals surface area contributed by atoms with Crippen molar-refractivity contribution in [3.05, 3.63) is 63.1 Å².